The average molecular weight is 295 g/mol. The average Bonchev–Trinajstić information content (AvgIpc) is 2.40. The third kappa shape index (κ3) is 3.27. The van der Waals surface area contributed by atoms with E-state index in [0.717, 1.165) is 11.6 Å². The van der Waals surface area contributed by atoms with Gasteiger partial charge in [-0.15, -0.1) is 0 Å². The van der Waals surface area contributed by atoms with Gasteiger partial charge in [-0.05, 0) is 36.8 Å². The molecule has 20 heavy (non-hydrogen) atoms. The second-order valence-corrected chi connectivity index (χ2v) is 4.74. The second kappa shape index (κ2) is 5.92. The van der Waals surface area contributed by atoms with Crippen molar-refractivity contribution in [3.63, 3.8) is 0 Å². The molecule has 0 bridgehead atoms. The number of carboxylic acids is 1. The Hall–Kier alpha value is -2.07. The zero-order valence-corrected chi connectivity index (χ0v) is 11.4. The molecule has 0 unspecified atom stereocenters. The van der Waals surface area contributed by atoms with E-state index in [4.69, 9.17) is 21.4 Å². The number of aryl methyl sites for hydroxylation is 1. The number of hydrogen-bond donors (Lipinski definition) is 1. The predicted octanol–water partition coefficient (Wildman–Crippen LogP) is 4.06. The molecule has 0 aliphatic rings. The normalized spacial score (nSPS) is 10.3. The molecule has 2 aromatic rings. The summed E-state index contributed by atoms with van der Waals surface area (Å²) in [6.45, 7) is 1.88. The molecular weight excluding hydrogens is 283 g/mol. The highest BCUT2D eigenvalue weighted by atomic mass is 35.5. The van der Waals surface area contributed by atoms with Gasteiger partial charge in [0.1, 0.15) is 18.2 Å². The van der Waals surface area contributed by atoms with E-state index in [1.54, 1.807) is 12.1 Å². The van der Waals surface area contributed by atoms with Crippen LogP contribution in [0.25, 0.3) is 0 Å². The monoisotopic (exact) mass is 294 g/mol. The van der Waals surface area contributed by atoms with E-state index in [2.05, 4.69) is 0 Å². The van der Waals surface area contributed by atoms with Gasteiger partial charge in [0.05, 0.1) is 10.6 Å². The highest BCUT2D eigenvalue weighted by Crippen LogP contribution is 2.26. The van der Waals surface area contributed by atoms with E-state index in [1.165, 1.54) is 12.1 Å². The number of hydrogen-bond acceptors (Lipinski definition) is 2. The molecule has 0 radical (unpaired) electrons. The van der Waals surface area contributed by atoms with E-state index >= 15 is 0 Å². The summed E-state index contributed by atoms with van der Waals surface area (Å²) in [7, 11) is 0. The Morgan fingerprint density at radius 1 is 1.30 bits per heavy atom. The maximum Gasteiger partial charge on any atom is 0.335 e. The molecular formula is C15H12ClFO3. The van der Waals surface area contributed by atoms with Crippen LogP contribution in [0.3, 0.4) is 0 Å². The fourth-order valence-electron chi connectivity index (χ4n) is 1.67. The first-order chi connectivity index (χ1) is 9.47. The van der Waals surface area contributed by atoms with Crippen molar-refractivity contribution >= 4 is 17.6 Å². The molecule has 0 heterocycles. The zero-order valence-electron chi connectivity index (χ0n) is 10.7. The van der Waals surface area contributed by atoms with E-state index in [0.29, 0.717) is 10.8 Å². The van der Waals surface area contributed by atoms with Gasteiger partial charge < -0.3 is 9.84 Å². The molecule has 0 amide bonds. The lowest BCUT2D eigenvalue weighted by molar-refractivity contribution is 0.0696. The Labute approximate surface area is 120 Å². The summed E-state index contributed by atoms with van der Waals surface area (Å²) < 4.78 is 19.2. The molecule has 0 spiro atoms. The van der Waals surface area contributed by atoms with Crippen molar-refractivity contribution in [3.8, 4) is 5.75 Å². The van der Waals surface area contributed by atoms with Crippen molar-refractivity contribution in [1.29, 1.82) is 0 Å². The number of aromatic carboxylic acids is 1. The fraction of sp³-hybridized carbons (Fsp3) is 0.133. The Kier molecular flexibility index (Phi) is 4.25. The molecule has 0 saturated carbocycles. The summed E-state index contributed by atoms with van der Waals surface area (Å²) in [4.78, 5) is 10.7. The van der Waals surface area contributed by atoms with Crippen LogP contribution in [-0.2, 0) is 6.61 Å². The van der Waals surface area contributed by atoms with Crippen molar-refractivity contribution in [2.75, 3.05) is 0 Å². The predicted molar refractivity (Wildman–Crippen MR) is 73.9 cm³/mol. The minimum absolute atomic E-state index is 0.0189. The lowest BCUT2D eigenvalue weighted by Crippen LogP contribution is -2.02. The number of carbonyl (C=O) groups is 1. The van der Waals surface area contributed by atoms with Crippen LogP contribution in [0.5, 0.6) is 5.75 Å². The summed E-state index contributed by atoms with van der Waals surface area (Å²) in [5.41, 5.74) is 1.15. The Morgan fingerprint density at radius 3 is 2.70 bits per heavy atom. The Morgan fingerprint density at radius 2 is 2.05 bits per heavy atom. The molecule has 0 fully saturated rings. The SMILES string of the molecule is Cc1ccc(Cl)c(OCc2ccc(C(=O)O)cc2F)c1. The molecule has 5 heteroatoms. The Balaban J connectivity index is 2.15. The standard InChI is InChI=1S/C15H12ClFO3/c1-9-2-5-12(16)14(6-9)20-8-11-4-3-10(15(18)19)7-13(11)17/h2-7H,8H2,1H3,(H,18,19). The summed E-state index contributed by atoms with van der Waals surface area (Å²) in [5, 5.41) is 9.20. The van der Waals surface area contributed by atoms with Gasteiger partial charge in [-0.1, -0.05) is 23.7 Å². The molecule has 2 rings (SSSR count). The highest BCUT2D eigenvalue weighted by Gasteiger charge is 2.09. The minimum atomic E-state index is -1.17. The van der Waals surface area contributed by atoms with Gasteiger partial charge in [-0.25, -0.2) is 9.18 Å². The lowest BCUT2D eigenvalue weighted by Gasteiger charge is -2.10. The van der Waals surface area contributed by atoms with Crippen LogP contribution in [-0.4, -0.2) is 11.1 Å². The number of benzene rings is 2. The summed E-state index contributed by atoms with van der Waals surface area (Å²) in [5.74, 6) is -1.32. The highest BCUT2D eigenvalue weighted by molar-refractivity contribution is 6.32. The van der Waals surface area contributed by atoms with Gasteiger partial charge in [0.2, 0.25) is 0 Å². The van der Waals surface area contributed by atoms with E-state index < -0.39 is 11.8 Å². The molecule has 0 atom stereocenters. The first-order valence-corrected chi connectivity index (χ1v) is 6.26. The van der Waals surface area contributed by atoms with Gasteiger partial charge in [0.25, 0.3) is 0 Å². The van der Waals surface area contributed by atoms with Crippen LogP contribution in [0, 0.1) is 12.7 Å². The quantitative estimate of drug-likeness (QED) is 0.925. The number of carboxylic acid groups (broad SMARTS) is 1. The first kappa shape index (κ1) is 14.3. The molecule has 0 aromatic heterocycles. The van der Waals surface area contributed by atoms with Gasteiger partial charge in [0.15, 0.2) is 0 Å². The van der Waals surface area contributed by atoms with Crippen LogP contribution in [0.2, 0.25) is 5.02 Å². The third-order valence-corrected chi connectivity index (χ3v) is 3.08. The van der Waals surface area contributed by atoms with Crippen LogP contribution in [0.4, 0.5) is 4.39 Å². The fourth-order valence-corrected chi connectivity index (χ4v) is 1.85. The number of ether oxygens (including phenoxy) is 1. The largest absolute Gasteiger partial charge is 0.487 e. The minimum Gasteiger partial charge on any atom is -0.487 e. The maximum atomic E-state index is 13.7. The van der Waals surface area contributed by atoms with E-state index in [1.807, 2.05) is 13.0 Å². The first-order valence-electron chi connectivity index (χ1n) is 5.88. The smallest absolute Gasteiger partial charge is 0.335 e. The van der Waals surface area contributed by atoms with Crippen molar-refractivity contribution in [1.82, 2.24) is 0 Å². The second-order valence-electron chi connectivity index (χ2n) is 4.33. The van der Waals surface area contributed by atoms with Crippen molar-refractivity contribution in [3.05, 3.63) is 63.9 Å². The lowest BCUT2D eigenvalue weighted by atomic mass is 10.1. The zero-order chi connectivity index (χ0) is 14.7. The molecule has 104 valence electrons. The van der Waals surface area contributed by atoms with E-state index in [9.17, 15) is 9.18 Å². The van der Waals surface area contributed by atoms with Gasteiger partial charge in [0, 0.05) is 5.56 Å². The van der Waals surface area contributed by atoms with Crippen molar-refractivity contribution in [2.45, 2.75) is 13.5 Å². The maximum absolute atomic E-state index is 13.7. The molecule has 0 saturated heterocycles. The van der Waals surface area contributed by atoms with Crippen LogP contribution in [0.1, 0.15) is 21.5 Å². The summed E-state index contributed by atoms with van der Waals surface area (Å²) in [6.07, 6.45) is 0. The van der Waals surface area contributed by atoms with Crippen molar-refractivity contribution in [2.24, 2.45) is 0 Å². The van der Waals surface area contributed by atoms with Gasteiger partial charge in [-0.2, -0.15) is 0 Å². The molecule has 3 nitrogen and oxygen atoms in total. The van der Waals surface area contributed by atoms with Gasteiger partial charge >= 0.3 is 5.97 Å². The third-order valence-electron chi connectivity index (χ3n) is 2.77. The number of rotatable bonds is 4. The van der Waals surface area contributed by atoms with Crippen LogP contribution in [0.15, 0.2) is 36.4 Å². The van der Waals surface area contributed by atoms with Gasteiger partial charge in [-0.3, -0.25) is 0 Å². The molecule has 1 N–H and O–H groups in total. The van der Waals surface area contributed by atoms with Crippen LogP contribution < -0.4 is 4.74 Å². The van der Waals surface area contributed by atoms with Crippen LogP contribution >= 0.6 is 11.6 Å². The molecule has 2 aromatic carbocycles. The van der Waals surface area contributed by atoms with E-state index in [-0.39, 0.29) is 17.7 Å². The molecule has 0 aliphatic heterocycles. The topological polar surface area (TPSA) is 46.5 Å². The number of halogens is 2. The van der Waals surface area contributed by atoms with Crippen molar-refractivity contribution < 1.29 is 19.0 Å². The summed E-state index contributed by atoms with van der Waals surface area (Å²) >= 11 is 5.97. The Bertz CT molecular complexity index is 656. The summed E-state index contributed by atoms with van der Waals surface area (Å²) in [6, 6.07) is 9.00. The molecule has 0 aliphatic carbocycles.